The molecule has 6 heteroatoms. The predicted octanol–water partition coefficient (Wildman–Crippen LogP) is 3.39. The van der Waals surface area contributed by atoms with Crippen molar-refractivity contribution in [1.82, 2.24) is 9.88 Å². The second kappa shape index (κ2) is 6.15. The molecule has 1 aromatic carbocycles. The van der Waals surface area contributed by atoms with E-state index in [1.54, 1.807) is 0 Å². The van der Waals surface area contributed by atoms with Gasteiger partial charge >= 0.3 is 0 Å². The van der Waals surface area contributed by atoms with Crippen molar-refractivity contribution < 1.29 is 4.79 Å². The van der Waals surface area contributed by atoms with Crippen LogP contribution in [0.3, 0.4) is 0 Å². The number of likely N-dealkylation sites (tertiary alicyclic amines) is 1. The van der Waals surface area contributed by atoms with Crippen molar-refractivity contribution >= 4 is 38.3 Å². The van der Waals surface area contributed by atoms with Crippen LogP contribution in [0.1, 0.15) is 30.1 Å². The Kier molecular flexibility index (Phi) is 4.26. The van der Waals surface area contributed by atoms with Crippen LogP contribution in [0.5, 0.6) is 0 Å². The van der Waals surface area contributed by atoms with Gasteiger partial charge in [-0.3, -0.25) is 4.79 Å². The number of benzene rings is 1. The summed E-state index contributed by atoms with van der Waals surface area (Å²) in [6.07, 6.45) is 2.39. The number of halogens is 1. The molecule has 21 heavy (non-hydrogen) atoms. The van der Waals surface area contributed by atoms with Crippen LogP contribution in [-0.2, 0) is 11.2 Å². The lowest BCUT2D eigenvalue weighted by atomic mass is 10.0. The highest BCUT2D eigenvalue weighted by Crippen LogP contribution is 2.33. The summed E-state index contributed by atoms with van der Waals surface area (Å²) in [5.41, 5.74) is 7.57. The Labute approximate surface area is 136 Å². The van der Waals surface area contributed by atoms with Gasteiger partial charge in [-0.25, -0.2) is 4.98 Å². The molecule has 3 rings (SSSR count). The fourth-order valence-electron chi connectivity index (χ4n) is 2.79. The number of rotatable bonds is 3. The Bertz CT molecular complexity index is 658. The molecule has 2 heterocycles. The van der Waals surface area contributed by atoms with Gasteiger partial charge in [0.05, 0.1) is 18.2 Å². The van der Waals surface area contributed by atoms with Crippen molar-refractivity contribution in [2.75, 3.05) is 12.3 Å². The number of carbonyl (C=O) groups excluding carboxylic acids is 1. The van der Waals surface area contributed by atoms with Crippen LogP contribution in [0.25, 0.3) is 0 Å². The number of nitrogens with two attached hydrogens (primary N) is 1. The summed E-state index contributed by atoms with van der Waals surface area (Å²) >= 11 is 4.87. The minimum Gasteiger partial charge on any atom is -0.375 e. The monoisotopic (exact) mass is 365 g/mol. The fraction of sp³-hybridized carbons (Fsp3) is 0.333. The van der Waals surface area contributed by atoms with E-state index in [0.717, 1.165) is 29.6 Å². The third kappa shape index (κ3) is 3.27. The van der Waals surface area contributed by atoms with Crippen molar-refractivity contribution in [3.63, 3.8) is 0 Å². The minimum atomic E-state index is 0.128. The maximum atomic E-state index is 12.5. The average Bonchev–Trinajstić information content (AvgIpc) is 3.07. The highest BCUT2D eigenvalue weighted by atomic mass is 79.9. The molecule has 2 N–H and O–H groups in total. The smallest absolute Gasteiger partial charge is 0.229 e. The van der Waals surface area contributed by atoms with Crippen LogP contribution in [0.4, 0.5) is 5.13 Å². The Hall–Kier alpha value is -1.40. The van der Waals surface area contributed by atoms with Crippen LogP contribution in [0.2, 0.25) is 0 Å². The first-order valence-corrected chi connectivity index (χ1v) is 8.55. The standard InChI is InChI=1S/C15H16BrN3OS/c16-11-4-1-3-10(7-11)13-5-2-6-19(13)14(20)8-12-9-21-15(17)18-12/h1,3-4,7,9,13H,2,5-6,8H2,(H2,17,18). The third-order valence-corrected chi connectivity index (χ3v) is 4.92. The van der Waals surface area contributed by atoms with E-state index in [4.69, 9.17) is 5.73 Å². The number of thiazole rings is 1. The van der Waals surface area contributed by atoms with E-state index in [9.17, 15) is 4.79 Å². The molecule has 4 nitrogen and oxygen atoms in total. The normalized spacial score (nSPS) is 18.1. The number of nitrogens with zero attached hydrogens (tertiary/aromatic N) is 2. The summed E-state index contributed by atoms with van der Waals surface area (Å²) in [6.45, 7) is 0.815. The van der Waals surface area contributed by atoms with Crippen molar-refractivity contribution in [1.29, 1.82) is 0 Å². The van der Waals surface area contributed by atoms with Gasteiger partial charge in [-0.15, -0.1) is 11.3 Å². The largest absolute Gasteiger partial charge is 0.375 e. The van der Waals surface area contributed by atoms with E-state index >= 15 is 0 Å². The van der Waals surface area contributed by atoms with Crippen molar-refractivity contribution in [2.45, 2.75) is 25.3 Å². The van der Waals surface area contributed by atoms with Crippen LogP contribution in [0.15, 0.2) is 34.1 Å². The average molecular weight is 366 g/mol. The zero-order chi connectivity index (χ0) is 14.8. The van der Waals surface area contributed by atoms with E-state index in [0.29, 0.717) is 11.6 Å². The third-order valence-electron chi connectivity index (χ3n) is 3.71. The summed E-state index contributed by atoms with van der Waals surface area (Å²) in [4.78, 5) is 18.7. The Morgan fingerprint density at radius 2 is 2.38 bits per heavy atom. The predicted molar refractivity (Wildman–Crippen MR) is 88.1 cm³/mol. The van der Waals surface area contributed by atoms with E-state index in [1.807, 2.05) is 22.4 Å². The summed E-state index contributed by atoms with van der Waals surface area (Å²) < 4.78 is 1.05. The lowest BCUT2D eigenvalue weighted by molar-refractivity contribution is -0.131. The van der Waals surface area contributed by atoms with Gasteiger partial charge in [-0.05, 0) is 30.5 Å². The number of hydrogen-bond acceptors (Lipinski definition) is 4. The highest BCUT2D eigenvalue weighted by molar-refractivity contribution is 9.10. The van der Waals surface area contributed by atoms with Gasteiger partial charge < -0.3 is 10.6 Å². The van der Waals surface area contributed by atoms with Crippen molar-refractivity contribution in [3.8, 4) is 0 Å². The first-order chi connectivity index (χ1) is 10.1. The molecular weight excluding hydrogens is 350 g/mol. The van der Waals surface area contributed by atoms with Crippen LogP contribution >= 0.6 is 27.3 Å². The summed E-state index contributed by atoms with van der Waals surface area (Å²) in [6, 6.07) is 8.37. The first kappa shape index (κ1) is 14.5. The van der Waals surface area contributed by atoms with Crippen LogP contribution in [0, 0.1) is 0 Å². The van der Waals surface area contributed by atoms with Crippen molar-refractivity contribution in [3.05, 3.63) is 45.4 Å². The molecular formula is C15H16BrN3OS. The van der Waals surface area contributed by atoms with E-state index in [1.165, 1.54) is 16.9 Å². The molecule has 110 valence electrons. The molecule has 0 bridgehead atoms. The molecule has 0 saturated carbocycles. The number of aromatic nitrogens is 1. The molecule has 0 aliphatic carbocycles. The number of nitrogen functional groups attached to an aromatic ring is 1. The summed E-state index contributed by atoms with van der Waals surface area (Å²) in [7, 11) is 0. The maximum absolute atomic E-state index is 12.5. The minimum absolute atomic E-state index is 0.128. The Balaban J connectivity index is 1.75. The molecule has 1 atom stereocenters. The molecule has 0 radical (unpaired) electrons. The van der Waals surface area contributed by atoms with E-state index < -0.39 is 0 Å². The second-order valence-corrected chi connectivity index (χ2v) is 6.96. The lowest BCUT2D eigenvalue weighted by Crippen LogP contribution is -2.31. The fourth-order valence-corrected chi connectivity index (χ4v) is 3.77. The number of carbonyl (C=O) groups is 1. The molecule has 1 fully saturated rings. The molecule has 1 aromatic heterocycles. The molecule has 1 aliphatic heterocycles. The lowest BCUT2D eigenvalue weighted by Gasteiger charge is -2.25. The number of hydrogen-bond donors (Lipinski definition) is 1. The van der Waals surface area contributed by atoms with E-state index in [2.05, 4.69) is 33.0 Å². The SMILES string of the molecule is Nc1nc(CC(=O)N2CCCC2c2cccc(Br)c2)cs1. The summed E-state index contributed by atoms with van der Waals surface area (Å²) in [5, 5.41) is 2.37. The van der Waals surface area contributed by atoms with E-state index in [-0.39, 0.29) is 11.9 Å². The number of anilines is 1. The maximum Gasteiger partial charge on any atom is 0.229 e. The molecule has 1 unspecified atom stereocenters. The molecule has 0 spiro atoms. The zero-order valence-electron chi connectivity index (χ0n) is 11.5. The molecule has 2 aromatic rings. The number of amides is 1. The Morgan fingerprint density at radius 3 is 3.10 bits per heavy atom. The topological polar surface area (TPSA) is 59.2 Å². The van der Waals surface area contributed by atoms with Gasteiger partial charge in [0, 0.05) is 16.4 Å². The second-order valence-electron chi connectivity index (χ2n) is 5.15. The Morgan fingerprint density at radius 1 is 1.52 bits per heavy atom. The molecule has 1 aliphatic rings. The highest BCUT2D eigenvalue weighted by Gasteiger charge is 2.30. The first-order valence-electron chi connectivity index (χ1n) is 6.88. The van der Waals surface area contributed by atoms with Crippen LogP contribution in [-0.4, -0.2) is 22.3 Å². The summed E-state index contributed by atoms with van der Waals surface area (Å²) in [5.74, 6) is 0.128. The van der Waals surface area contributed by atoms with Gasteiger partial charge in [0.2, 0.25) is 5.91 Å². The molecule has 1 amide bonds. The van der Waals surface area contributed by atoms with Gasteiger partial charge in [0.1, 0.15) is 0 Å². The van der Waals surface area contributed by atoms with Gasteiger partial charge in [0.25, 0.3) is 0 Å². The van der Waals surface area contributed by atoms with Crippen LogP contribution < -0.4 is 5.73 Å². The van der Waals surface area contributed by atoms with Gasteiger partial charge in [0.15, 0.2) is 5.13 Å². The molecule has 1 saturated heterocycles. The van der Waals surface area contributed by atoms with Gasteiger partial charge in [-0.2, -0.15) is 0 Å². The zero-order valence-corrected chi connectivity index (χ0v) is 13.9. The quantitative estimate of drug-likeness (QED) is 0.906. The van der Waals surface area contributed by atoms with Gasteiger partial charge in [-0.1, -0.05) is 28.1 Å². The van der Waals surface area contributed by atoms with Crippen molar-refractivity contribution in [2.24, 2.45) is 0 Å².